The summed E-state index contributed by atoms with van der Waals surface area (Å²) in [5, 5.41) is 3.31. The number of amides is 1. The molecule has 0 radical (unpaired) electrons. The summed E-state index contributed by atoms with van der Waals surface area (Å²) in [6.07, 6.45) is 5.88. The van der Waals surface area contributed by atoms with E-state index in [0.29, 0.717) is 0 Å². The van der Waals surface area contributed by atoms with Crippen LogP contribution in [0.1, 0.15) is 45.1 Å². The summed E-state index contributed by atoms with van der Waals surface area (Å²) in [6, 6.07) is 8.34. The highest BCUT2D eigenvalue weighted by atomic mass is 16.2. The van der Waals surface area contributed by atoms with Gasteiger partial charge in [-0.25, -0.2) is 0 Å². The molecule has 2 rings (SSSR count). The molecule has 0 aromatic heterocycles. The second-order valence-electron chi connectivity index (χ2n) is 5.70. The lowest BCUT2D eigenvalue weighted by Gasteiger charge is -2.22. The number of hydrogen-bond donors (Lipinski definition) is 1. The Bertz CT molecular complexity index is 421. The zero-order valence-electron chi connectivity index (χ0n) is 12.7. The van der Waals surface area contributed by atoms with Crippen LogP contribution in [0.5, 0.6) is 0 Å². The van der Waals surface area contributed by atoms with Gasteiger partial charge >= 0.3 is 0 Å². The van der Waals surface area contributed by atoms with E-state index in [0.717, 1.165) is 38.0 Å². The van der Waals surface area contributed by atoms with Crippen molar-refractivity contribution in [2.75, 3.05) is 18.4 Å². The van der Waals surface area contributed by atoms with Crippen LogP contribution in [-0.2, 0) is 11.2 Å². The van der Waals surface area contributed by atoms with Gasteiger partial charge in [-0.15, -0.1) is 0 Å². The molecule has 1 unspecified atom stereocenters. The Kier molecular flexibility index (Phi) is 5.45. The smallest absolute Gasteiger partial charge is 0.244 e. The van der Waals surface area contributed by atoms with Crippen LogP contribution in [0.4, 0.5) is 5.69 Å². The molecule has 1 aliphatic heterocycles. The van der Waals surface area contributed by atoms with Crippen molar-refractivity contribution in [3.63, 3.8) is 0 Å². The van der Waals surface area contributed by atoms with Gasteiger partial charge in [0.2, 0.25) is 5.91 Å². The van der Waals surface area contributed by atoms with Gasteiger partial charge in [0.15, 0.2) is 0 Å². The number of nitrogens with one attached hydrogen (secondary N) is 1. The van der Waals surface area contributed by atoms with E-state index in [2.05, 4.69) is 36.5 Å². The molecule has 1 amide bonds. The van der Waals surface area contributed by atoms with Gasteiger partial charge in [-0.3, -0.25) is 4.79 Å². The second kappa shape index (κ2) is 7.32. The molecular weight excluding hydrogens is 248 g/mol. The van der Waals surface area contributed by atoms with Crippen LogP contribution < -0.4 is 5.32 Å². The first-order valence-electron chi connectivity index (χ1n) is 7.85. The number of rotatable bonds is 6. The van der Waals surface area contributed by atoms with Gasteiger partial charge in [-0.05, 0) is 50.3 Å². The predicted octanol–water partition coefficient (Wildman–Crippen LogP) is 3.45. The topological polar surface area (TPSA) is 32.3 Å². The van der Waals surface area contributed by atoms with Crippen LogP contribution in [0.3, 0.4) is 0 Å². The third-order valence-corrected chi connectivity index (χ3v) is 3.94. The van der Waals surface area contributed by atoms with E-state index in [-0.39, 0.29) is 11.9 Å². The predicted molar refractivity (Wildman–Crippen MR) is 84.0 cm³/mol. The maximum atomic E-state index is 12.2. The van der Waals surface area contributed by atoms with Crippen molar-refractivity contribution in [2.45, 2.75) is 52.0 Å². The quantitative estimate of drug-likeness (QED) is 0.861. The third kappa shape index (κ3) is 3.99. The summed E-state index contributed by atoms with van der Waals surface area (Å²) < 4.78 is 0. The molecule has 1 aromatic rings. The van der Waals surface area contributed by atoms with Gasteiger partial charge in [0, 0.05) is 18.8 Å². The molecule has 1 fully saturated rings. The number of aryl methyl sites for hydroxylation is 1. The molecule has 110 valence electrons. The molecule has 1 saturated heterocycles. The van der Waals surface area contributed by atoms with Crippen molar-refractivity contribution in [1.82, 2.24) is 4.90 Å². The van der Waals surface area contributed by atoms with Crippen molar-refractivity contribution in [1.29, 1.82) is 0 Å². The molecule has 3 heteroatoms. The second-order valence-corrected chi connectivity index (χ2v) is 5.70. The van der Waals surface area contributed by atoms with E-state index in [9.17, 15) is 4.79 Å². The first kappa shape index (κ1) is 14.9. The molecule has 1 heterocycles. The lowest BCUT2D eigenvalue weighted by atomic mass is 10.1. The normalized spacial score (nSPS) is 16.2. The summed E-state index contributed by atoms with van der Waals surface area (Å²) >= 11 is 0. The summed E-state index contributed by atoms with van der Waals surface area (Å²) in [4.78, 5) is 14.2. The van der Waals surface area contributed by atoms with Crippen LogP contribution in [0.25, 0.3) is 0 Å². The SMILES string of the molecule is CCCCc1ccc(NC(C)C(=O)N2CCCC2)cc1. The van der Waals surface area contributed by atoms with E-state index >= 15 is 0 Å². The molecular formula is C17H26N2O. The number of carbonyl (C=O) groups excluding carboxylic acids is 1. The Balaban J connectivity index is 1.87. The van der Waals surface area contributed by atoms with Crippen molar-refractivity contribution in [3.05, 3.63) is 29.8 Å². The molecule has 0 spiro atoms. The van der Waals surface area contributed by atoms with E-state index in [4.69, 9.17) is 0 Å². The fourth-order valence-corrected chi connectivity index (χ4v) is 2.67. The number of hydrogen-bond acceptors (Lipinski definition) is 2. The molecule has 1 aromatic carbocycles. The average Bonchev–Trinajstić information content (AvgIpc) is 3.00. The van der Waals surface area contributed by atoms with Crippen molar-refractivity contribution >= 4 is 11.6 Å². The van der Waals surface area contributed by atoms with E-state index < -0.39 is 0 Å². The van der Waals surface area contributed by atoms with Gasteiger partial charge in [-0.2, -0.15) is 0 Å². The largest absolute Gasteiger partial charge is 0.374 e. The van der Waals surface area contributed by atoms with Crippen LogP contribution in [0, 0.1) is 0 Å². The van der Waals surface area contributed by atoms with Crippen LogP contribution in [0.15, 0.2) is 24.3 Å². The Morgan fingerprint density at radius 3 is 2.50 bits per heavy atom. The number of likely N-dealkylation sites (tertiary alicyclic amines) is 1. The summed E-state index contributed by atoms with van der Waals surface area (Å²) in [7, 11) is 0. The lowest BCUT2D eigenvalue weighted by molar-refractivity contribution is -0.130. The highest BCUT2D eigenvalue weighted by molar-refractivity contribution is 5.84. The Hall–Kier alpha value is -1.51. The minimum atomic E-state index is -0.144. The van der Waals surface area contributed by atoms with Gasteiger partial charge < -0.3 is 10.2 Å². The number of unbranched alkanes of at least 4 members (excludes halogenated alkanes) is 1. The van der Waals surface area contributed by atoms with E-state index in [1.165, 1.54) is 18.4 Å². The van der Waals surface area contributed by atoms with Gasteiger partial charge in [0.25, 0.3) is 0 Å². The number of benzene rings is 1. The van der Waals surface area contributed by atoms with Crippen LogP contribution in [0.2, 0.25) is 0 Å². The summed E-state index contributed by atoms with van der Waals surface area (Å²) in [6.45, 7) is 5.99. The van der Waals surface area contributed by atoms with Gasteiger partial charge in [-0.1, -0.05) is 25.5 Å². The van der Waals surface area contributed by atoms with E-state index in [1.807, 2.05) is 11.8 Å². The zero-order chi connectivity index (χ0) is 14.4. The monoisotopic (exact) mass is 274 g/mol. The Morgan fingerprint density at radius 2 is 1.90 bits per heavy atom. The molecule has 1 aliphatic rings. The Morgan fingerprint density at radius 1 is 1.25 bits per heavy atom. The fourth-order valence-electron chi connectivity index (χ4n) is 2.67. The molecule has 0 saturated carbocycles. The lowest BCUT2D eigenvalue weighted by Crippen LogP contribution is -2.39. The summed E-state index contributed by atoms with van der Waals surface area (Å²) in [5.74, 6) is 0.220. The third-order valence-electron chi connectivity index (χ3n) is 3.94. The highest BCUT2D eigenvalue weighted by Crippen LogP contribution is 2.15. The molecule has 20 heavy (non-hydrogen) atoms. The minimum Gasteiger partial charge on any atom is -0.374 e. The zero-order valence-corrected chi connectivity index (χ0v) is 12.7. The molecule has 1 N–H and O–H groups in total. The molecule has 1 atom stereocenters. The summed E-state index contributed by atoms with van der Waals surface area (Å²) in [5.41, 5.74) is 2.40. The Labute approximate surface area is 122 Å². The van der Waals surface area contributed by atoms with Crippen molar-refractivity contribution in [3.8, 4) is 0 Å². The number of carbonyl (C=O) groups is 1. The van der Waals surface area contributed by atoms with E-state index in [1.54, 1.807) is 0 Å². The maximum absolute atomic E-state index is 12.2. The molecule has 0 aliphatic carbocycles. The number of nitrogens with zero attached hydrogens (tertiary/aromatic N) is 1. The maximum Gasteiger partial charge on any atom is 0.244 e. The molecule has 0 bridgehead atoms. The minimum absolute atomic E-state index is 0.144. The first-order valence-corrected chi connectivity index (χ1v) is 7.85. The first-order chi connectivity index (χ1) is 9.70. The number of anilines is 1. The molecule has 3 nitrogen and oxygen atoms in total. The van der Waals surface area contributed by atoms with Crippen molar-refractivity contribution in [2.24, 2.45) is 0 Å². The standard InChI is InChI=1S/C17H26N2O/c1-3-4-7-15-8-10-16(11-9-15)18-14(2)17(20)19-12-5-6-13-19/h8-11,14,18H,3-7,12-13H2,1-2H3. The fraction of sp³-hybridized carbons (Fsp3) is 0.588. The van der Waals surface area contributed by atoms with Gasteiger partial charge in [0.1, 0.15) is 6.04 Å². The van der Waals surface area contributed by atoms with Gasteiger partial charge in [0.05, 0.1) is 0 Å². The van der Waals surface area contributed by atoms with Crippen LogP contribution in [-0.4, -0.2) is 29.9 Å². The highest BCUT2D eigenvalue weighted by Gasteiger charge is 2.22. The average molecular weight is 274 g/mol. The van der Waals surface area contributed by atoms with Crippen molar-refractivity contribution < 1.29 is 4.79 Å². The van der Waals surface area contributed by atoms with Crippen LogP contribution >= 0.6 is 0 Å².